The van der Waals surface area contributed by atoms with E-state index in [1.165, 1.54) is 0 Å². The van der Waals surface area contributed by atoms with Crippen molar-refractivity contribution in [3.63, 3.8) is 0 Å². The minimum atomic E-state index is -1.47. The Morgan fingerprint density at radius 3 is 2.31 bits per heavy atom. The second-order valence-electron chi connectivity index (χ2n) is 3.92. The van der Waals surface area contributed by atoms with E-state index in [9.17, 15) is 20.4 Å². The third-order valence-electron chi connectivity index (χ3n) is 2.84. The van der Waals surface area contributed by atoms with Gasteiger partial charge in [0, 0.05) is 6.54 Å². The summed E-state index contributed by atoms with van der Waals surface area (Å²) in [7, 11) is 0. The molecule has 5 heteroatoms. The molecule has 1 fully saturated rings. The highest BCUT2D eigenvalue weighted by atomic mass is 16.4. The van der Waals surface area contributed by atoms with Gasteiger partial charge in [-0.3, -0.25) is 0 Å². The zero-order valence-corrected chi connectivity index (χ0v) is 7.59. The molecule has 0 bridgehead atoms. The molecule has 0 aromatic carbocycles. The minimum absolute atomic E-state index is 0.123. The number of aliphatic hydroxyl groups is 4. The van der Waals surface area contributed by atoms with Gasteiger partial charge < -0.3 is 26.2 Å². The van der Waals surface area contributed by atoms with Crippen LogP contribution < -0.4 is 5.73 Å². The van der Waals surface area contributed by atoms with Crippen LogP contribution in [0, 0.1) is 5.92 Å². The van der Waals surface area contributed by atoms with Crippen LogP contribution in [0.5, 0.6) is 0 Å². The van der Waals surface area contributed by atoms with Crippen molar-refractivity contribution in [2.45, 2.75) is 37.3 Å². The molecule has 0 spiro atoms. The average molecular weight is 191 g/mol. The smallest absolute Gasteiger partial charge is 0.112 e. The largest absolute Gasteiger partial charge is 0.390 e. The van der Waals surface area contributed by atoms with Gasteiger partial charge in [0.25, 0.3) is 0 Å². The molecule has 0 heterocycles. The van der Waals surface area contributed by atoms with Gasteiger partial charge in [-0.25, -0.2) is 0 Å². The van der Waals surface area contributed by atoms with Crippen molar-refractivity contribution in [1.29, 1.82) is 0 Å². The standard InChI is InChI=1S/C8H17NO4/c1-4-2-8(13,3-9)7(12)6(11)5(4)10/h4-7,10-13H,2-3,9H2,1H3/t4-,5-,6-,7+,8-/m1/s1. The van der Waals surface area contributed by atoms with Crippen LogP contribution in [0.2, 0.25) is 0 Å². The predicted molar refractivity (Wildman–Crippen MR) is 45.8 cm³/mol. The Bertz CT molecular complexity index is 189. The third-order valence-corrected chi connectivity index (χ3v) is 2.84. The fraction of sp³-hybridized carbons (Fsp3) is 1.00. The van der Waals surface area contributed by atoms with Crippen LogP contribution in [0.1, 0.15) is 13.3 Å². The van der Waals surface area contributed by atoms with Gasteiger partial charge in [0.2, 0.25) is 0 Å². The Morgan fingerprint density at radius 2 is 1.85 bits per heavy atom. The molecule has 0 radical (unpaired) electrons. The van der Waals surface area contributed by atoms with Gasteiger partial charge in [0.15, 0.2) is 0 Å². The molecule has 5 atom stereocenters. The van der Waals surface area contributed by atoms with E-state index >= 15 is 0 Å². The number of hydrogen-bond acceptors (Lipinski definition) is 5. The summed E-state index contributed by atoms with van der Waals surface area (Å²) in [4.78, 5) is 0. The topological polar surface area (TPSA) is 107 Å². The normalized spacial score (nSPS) is 52.2. The summed E-state index contributed by atoms with van der Waals surface area (Å²) in [6.45, 7) is 1.57. The second kappa shape index (κ2) is 3.51. The van der Waals surface area contributed by atoms with E-state index in [-0.39, 0.29) is 18.9 Å². The molecule has 0 aliphatic heterocycles. The molecule has 0 aromatic heterocycles. The summed E-state index contributed by atoms with van der Waals surface area (Å²) in [5, 5.41) is 38.0. The Labute approximate surface area is 76.8 Å². The third kappa shape index (κ3) is 1.70. The quantitative estimate of drug-likeness (QED) is 0.323. The lowest BCUT2D eigenvalue weighted by Gasteiger charge is -2.44. The molecule has 1 aliphatic carbocycles. The van der Waals surface area contributed by atoms with Gasteiger partial charge in [-0.05, 0) is 12.3 Å². The SMILES string of the molecule is C[C@@H]1C[C@@](O)(CN)[C@@H](O)[C@H](O)[C@@H]1O. The minimum Gasteiger partial charge on any atom is -0.390 e. The first kappa shape index (κ1) is 10.9. The van der Waals surface area contributed by atoms with Crippen molar-refractivity contribution in [1.82, 2.24) is 0 Å². The fourth-order valence-corrected chi connectivity index (χ4v) is 1.84. The first-order valence-corrected chi connectivity index (χ1v) is 4.39. The van der Waals surface area contributed by atoms with Crippen LogP contribution in [-0.2, 0) is 0 Å². The first-order chi connectivity index (χ1) is 5.92. The van der Waals surface area contributed by atoms with E-state index in [0.29, 0.717) is 0 Å². The lowest BCUT2D eigenvalue weighted by molar-refractivity contribution is -0.197. The Hall–Kier alpha value is -0.200. The van der Waals surface area contributed by atoms with Crippen molar-refractivity contribution in [2.24, 2.45) is 11.7 Å². The summed E-state index contributed by atoms with van der Waals surface area (Å²) in [5.41, 5.74) is 3.82. The van der Waals surface area contributed by atoms with Crippen LogP contribution in [0.15, 0.2) is 0 Å². The molecule has 5 nitrogen and oxygen atoms in total. The predicted octanol–water partition coefficient (Wildman–Crippen LogP) is -2.20. The maximum absolute atomic E-state index is 9.76. The lowest BCUT2D eigenvalue weighted by atomic mass is 9.73. The van der Waals surface area contributed by atoms with Crippen LogP contribution in [0.25, 0.3) is 0 Å². The second-order valence-corrected chi connectivity index (χ2v) is 3.92. The monoisotopic (exact) mass is 191 g/mol. The Kier molecular flexibility index (Phi) is 2.94. The number of hydrogen-bond donors (Lipinski definition) is 5. The average Bonchev–Trinajstić information content (AvgIpc) is 2.12. The van der Waals surface area contributed by atoms with Crippen molar-refractivity contribution in [3.05, 3.63) is 0 Å². The molecular weight excluding hydrogens is 174 g/mol. The van der Waals surface area contributed by atoms with Crippen LogP contribution >= 0.6 is 0 Å². The molecule has 1 saturated carbocycles. The highest BCUT2D eigenvalue weighted by Gasteiger charge is 2.49. The van der Waals surface area contributed by atoms with Gasteiger partial charge >= 0.3 is 0 Å². The highest BCUT2D eigenvalue weighted by molar-refractivity contribution is 5.01. The highest BCUT2D eigenvalue weighted by Crippen LogP contribution is 2.32. The first-order valence-electron chi connectivity index (χ1n) is 4.39. The number of nitrogens with two attached hydrogens (primary N) is 1. The fourth-order valence-electron chi connectivity index (χ4n) is 1.84. The maximum Gasteiger partial charge on any atom is 0.112 e. The van der Waals surface area contributed by atoms with Gasteiger partial charge in [0.1, 0.15) is 17.8 Å². The molecule has 0 saturated heterocycles. The van der Waals surface area contributed by atoms with Gasteiger partial charge in [0.05, 0.1) is 6.10 Å². The molecule has 0 unspecified atom stereocenters. The van der Waals surface area contributed by atoms with Crippen LogP contribution in [-0.4, -0.2) is 50.9 Å². The molecule has 0 amide bonds. The van der Waals surface area contributed by atoms with Gasteiger partial charge in [-0.1, -0.05) is 6.92 Å². The summed E-state index contributed by atoms with van der Waals surface area (Å²) in [5.74, 6) is -0.271. The summed E-state index contributed by atoms with van der Waals surface area (Å²) in [6.07, 6.45) is -3.49. The summed E-state index contributed by atoms with van der Waals surface area (Å²) in [6, 6.07) is 0. The molecule has 1 rings (SSSR count). The molecule has 6 N–H and O–H groups in total. The Balaban J connectivity index is 2.82. The molecule has 13 heavy (non-hydrogen) atoms. The van der Waals surface area contributed by atoms with Crippen molar-refractivity contribution >= 4 is 0 Å². The van der Waals surface area contributed by atoms with Crippen LogP contribution in [0.3, 0.4) is 0 Å². The van der Waals surface area contributed by atoms with E-state index in [2.05, 4.69) is 0 Å². The molecule has 1 aliphatic rings. The van der Waals surface area contributed by atoms with E-state index in [1.807, 2.05) is 0 Å². The zero-order chi connectivity index (χ0) is 10.2. The maximum atomic E-state index is 9.76. The lowest BCUT2D eigenvalue weighted by Crippen LogP contribution is -2.63. The van der Waals surface area contributed by atoms with E-state index < -0.39 is 23.9 Å². The van der Waals surface area contributed by atoms with Crippen molar-refractivity contribution < 1.29 is 20.4 Å². The van der Waals surface area contributed by atoms with Crippen molar-refractivity contribution in [2.75, 3.05) is 6.54 Å². The summed E-state index contributed by atoms with van der Waals surface area (Å²) < 4.78 is 0. The van der Waals surface area contributed by atoms with E-state index in [4.69, 9.17) is 5.73 Å². The summed E-state index contributed by atoms with van der Waals surface area (Å²) >= 11 is 0. The molecule has 0 aromatic rings. The van der Waals surface area contributed by atoms with E-state index in [1.54, 1.807) is 6.92 Å². The number of aliphatic hydroxyl groups excluding tert-OH is 3. The van der Waals surface area contributed by atoms with E-state index in [0.717, 1.165) is 0 Å². The Morgan fingerprint density at radius 1 is 1.31 bits per heavy atom. The van der Waals surface area contributed by atoms with Crippen molar-refractivity contribution in [3.8, 4) is 0 Å². The van der Waals surface area contributed by atoms with Gasteiger partial charge in [-0.15, -0.1) is 0 Å². The van der Waals surface area contributed by atoms with Gasteiger partial charge in [-0.2, -0.15) is 0 Å². The zero-order valence-electron chi connectivity index (χ0n) is 7.59. The molecule has 78 valence electrons. The molecular formula is C8H17NO4. The number of rotatable bonds is 1. The van der Waals surface area contributed by atoms with Crippen LogP contribution in [0.4, 0.5) is 0 Å².